The van der Waals surface area contributed by atoms with Crippen molar-refractivity contribution in [3.63, 3.8) is 0 Å². The first-order chi connectivity index (χ1) is 11.7. The fourth-order valence-electron chi connectivity index (χ4n) is 3.43. The Labute approximate surface area is 167 Å². The molecule has 7 nitrogen and oxygen atoms in total. The molecule has 0 aromatic rings. The maximum Gasteiger partial charge on any atom is 0.225 e. The minimum atomic E-state index is -0.204. The lowest BCUT2D eigenvalue weighted by molar-refractivity contribution is -0.129. The van der Waals surface area contributed by atoms with Crippen molar-refractivity contribution in [1.29, 1.82) is 0 Å². The number of nitrogens with zero attached hydrogens (tertiary/aromatic N) is 2. The van der Waals surface area contributed by atoms with Crippen LogP contribution in [0.1, 0.15) is 12.8 Å². The third-order valence-electron chi connectivity index (χ3n) is 5.02. The Kier molecular flexibility index (Phi) is 10.5. The summed E-state index contributed by atoms with van der Waals surface area (Å²) in [6.07, 6.45) is 3.46. The maximum atomic E-state index is 12.3. The second-order valence-corrected chi connectivity index (χ2v) is 6.73. The zero-order valence-electron chi connectivity index (χ0n) is 15.1. The summed E-state index contributed by atoms with van der Waals surface area (Å²) in [5.41, 5.74) is 1.27. The van der Waals surface area contributed by atoms with E-state index in [1.807, 2.05) is 4.90 Å². The summed E-state index contributed by atoms with van der Waals surface area (Å²) in [4.78, 5) is 28.6. The highest BCUT2D eigenvalue weighted by Gasteiger charge is 2.34. The minimum absolute atomic E-state index is 0. The maximum absolute atomic E-state index is 12.3. The van der Waals surface area contributed by atoms with Crippen LogP contribution in [0.4, 0.5) is 0 Å². The lowest BCUT2D eigenvalue weighted by atomic mass is 10.1. The van der Waals surface area contributed by atoms with Crippen LogP contribution < -0.4 is 10.6 Å². The van der Waals surface area contributed by atoms with Crippen LogP contribution >= 0.6 is 24.8 Å². The molecule has 3 heterocycles. The second-order valence-electron chi connectivity index (χ2n) is 6.73. The first-order valence-corrected chi connectivity index (χ1v) is 8.96. The van der Waals surface area contributed by atoms with Crippen molar-refractivity contribution in [2.75, 3.05) is 65.6 Å². The van der Waals surface area contributed by atoms with Gasteiger partial charge in [0.1, 0.15) is 0 Å². The number of hydrogen-bond donors (Lipinski definition) is 2. The number of amides is 2. The van der Waals surface area contributed by atoms with Gasteiger partial charge in [-0.1, -0.05) is 11.6 Å². The zero-order chi connectivity index (χ0) is 16.8. The summed E-state index contributed by atoms with van der Waals surface area (Å²) >= 11 is 0. The highest BCUT2D eigenvalue weighted by Crippen LogP contribution is 2.18. The van der Waals surface area contributed by atoms with Gasteiger partial charge in [0.25, 0.3) is 0 Å². The molecule has 0 bridgehead atoms. The van der Waals surface area contributed by atoms with Gasteiger partial charge in [-0.05, 0) is 13.0 Å². The Morgan fingerprint density at radius 1 is 1.27 bits per heavy atom. The monoisotopic (exact) mass is 408 g/mol. The molecule has 3 aliphatic heterocycles. The number of carbonyl (C=O) groups excluding carboxylic acids is 2. The Morgan fingerprint density at radius 2 is 2.04 bits per heavy atom. The molecule has 150 valence electrons. The highest BCUT2D eigenvalue weighted by molar-refractivity contribution is 5.89. The third-order valence-corrected chi connectivity index (χ3v) is 5.02. The SMILES string of the molecule is Cl.Cl.O=C(NCC1=CCNCC1)C1CC(=O)N(CCN2CCOCC2)C1. The van der Waals surface area contributed by atoms with E-state index in [0.717, 1.165) is 52.4 Å². The molecule has 0 aromatic carbocycles. The van der Waals surface area contributed by atoms with Crippen molar-refractivity contribution >= 4 is 36.6 Å². The fourth-order valence-corrected chi connectivity index (χ4v) is 3.43. The van der Waals surface area contributed by atoms with E-state index in [2.05, 4.69) is 21.6 Å². The van der Waals surface area contributed by atoms with Crippen molar-refractivity contribution in [2.45, 2.75) is 12.8 Å². The van der Waals surface area contributed by atoms with Gasteiger partial charge in [0.15, 0.2) is 0 Å². The zero-order valence-corrected chi connectivity index (χ0v) is 16.7. The van der Waals surface area contributed by atoms with Crippen LogP contribution in [0.25, 0.3) is 0 Å². The van der Waals surface area contributed by atoms with Crippen LogP contribution in [-0.2, 0) is 14.3 Å². The second kappa shape index (κ2) is 11.8. The van der Waals surface area contributed by atoms with Crippen LogP contribution in [0.5, 0.6) is 0 Å². The van der Waals surface area contributed by atoms with Crippen molar-refractivity contribution in [2.24, 2.45) is 5.92 Å². The van der Waals surface area contributed by atoms with Gasteiger partial charge < -0.3 is 20.3 Å². The molecular formula is C17H30Cl2N4O3. The number of hydrogen-bond acceptors (Lipinski definition) is 5. The number of carbonyl (C=O) groups is 2. The lowest BCUT2D eigenvalue weighted by Gasteiger charge is -2.28. The summed E-state index contributed by atoms with van der Waals surface area (Å²) in [5, 5.41) is 6.26. The summed E-state index contributed by atoms with van der Waals surface area (Å²) in [6.45, 7) is 7.97. The predicted molar refractivity (Wildman–Crippen MR) is 105 cm³/mol. The molecule has 2 saturated heterocycles. The highest BCUT2D eigenvalue weighted by atomic mass is 35.5. The number of nitrogens with one attached hydrogen (secondary N) is 2. The average Bonchev–Trinajstić information content (AvgIpc) is 3.00. The molecule has 0 aromatic heterocycles. The molecular weight excluding hydrogens is 379 g/mol. The smallest absolute Gasteiger partial charge is 0.225 e. The largest absolute Gasteiger partial charge is 0.379 e. The lowest BCUT2D eigenvalue weighted by Crippen LogP contribution is -2.42. The van der Waals surface area contributed by atoms with E-state index < -0.39 is 0 Å². The minimum Gasteiger partial charge on any atom is -0.379 e. The molecule has 26 heavy (non-hydrogen) atoms. The number of morpholine rings is 1. The van der Waals surface area contributed by atoms with Crippen LogP contribution in [0, 0.1) is 5.92 Å². The Balaban J connectivity index is 0.00000169. The summed E-state index contributed by atoms with van der Waals surface area (Å²) < 4.78 is 5.33. The Hall–Kier alpha value is -0.860. The van der Waals surface area contributed by atoms with Crippen molar-refractivity contribution in [1.82, 2.24) is 20.4 Å². The van der Waals surface area contributed by atoms with Gasteiger partial charge in [0.05, 0.1) is 19.1 Å². The van der Waals surface area contributed by atoms with Crippen LogP contribution in [-0.4, -0.2) is 87.2 Å². The Morgan fingerprint density at radius 3 is 2.73 bits per heavy atom. The molecule has 0 spiro atoms. The van der Waals surface area contributed by atoms with Gasteiger partial charge in [-0.25, -0.2) is 0 Å². The van der Waals surface area contributed by atoms with Crippen LogP contribution in [0.15, 0.2) is 11.6 Å². The molecule has 1 atom stereocenters. The first-order valence-electron chi connectivity index (χ1n) is 8.96. The van der Waals surface area contributed by atoms with E-state index in [1.54, 1.807) is 0 Å². The number of halogens is 2. The number of rotatable bonds is 6. The third kappa shape index (κ3) is 6.70. The molecule has 2 amide bonds. The molecule has 9 heteroatoms. The summed E-state index contributed by atoms with van der Waals surface area (Å²) in [7, 11) is 0. The van der Waals surface area contributed by atoms with Gasteiger partial charge in [-0.3, -0.25) is 14.5 Å². The Bertz CT molecular complexity index is 498. The van der Waals surface area contributed by atoms with Crippen molar-refractivity contribution in [3.8, 4) is 0 Å². The average molecular weight is 409 g/mol. The van der Waals surface area contributed by atoms with Gasteiger partial charge in [-0.15, -0.1) is 24.8 Å². The molecule has 2 fully saturated rings. The van der Waals surface area contributed by atoms with E-state index in [-0.39, 0.29) is 42.5 Å². The van der Waals surface area contributed by atoms with Crippen molar-refractivity contribution < 1.29 is 14.3 Å². The molecule has 1 unspecified atom stereocenters. The van der Waals surface area contributed by atoms with E-state index >= 15 is 0 Å². The topological polar surface area (TPSA) is 73.9 Å². The predicted octanol–water partition coefficient (Wildman–Crippen LogP) is 0.0466. The standard InChI is InChI=1S/C17H28N4O3.2ClH/c22-16-11-15(17(23)19-12-14-1-3-18-4-2-14)13-21(16)6-5-20-7-9-24-10-8-20;;/h1,15,18H,2-13H2,(H,19,23);2*1H. The van der Waals surface area contributed by atoms with Gasteiger partial charge >= 0.3 is 0 Å². The van der Waals surface area contributed by atoms with Crippen LogP contribution in [0.3, 0.4) is 0 Å². The molecule has 0 saturated carbocycles. The van der Waals surface area contributed by atoms with Crippen LogP contribution in [0.2, 0.25) is 0 Å². The summed E-state index contributed by atoms with van der Waals surface area (Å²) in [5.74, 6) is -0.0920. The molecule has 3 aliphatic rings. The number of likely N-dealkylation sites (tertiary alicyclic amines) is 1. The van der Waals surface area contributed by atoms with Crippen molar-refractivity contribution in [3.05, 3.63) is 11.6 Å². The normalized spacial score (nSPS) is 23.7. The molecule has 0 radical (unpaired) electrons. The van der Waals surface area contributed by atoms with E-state index in [4.69, 9.17) is 4.74 Å². The van der Waals surface area contributed by atoms with Gasteiger partial charge in [-0.2, -0.15) is 0 Å². The van der Waals surface area contributed by atoms with Gasteiger partial charge in [0.2, 0.25) is 11.8 Å². The first kappa shape index (κ1) is 23.2. The van der Waals surface area contributed by atoms with Gasteiger partial charge in [0, 0.05) is 52.2 Å². The number of ether oxygens (including phenoxy) is 1. The summed E-state index contributed by atoms with van der Waals surface area (Å²) in [6, 6.07) is 0. The molecule has 3 rings (SSSR count). The fraction of sp³-hybridized carbons (Fsp3) is 0.765. The molecule has 0 aliphatic carbocycles. The van der Waals surface area contributed by atoms with E-state index in [9.17, 15) is 9.59 Å². The van der Waals surface area contributed by atoms with E-state index in [1.165, 1.54) is 5.57 Å². The molecule has 2 N–H and O–H groups in total. The quantitative estimate of drug-likeness (QED) is 0.607. The van der Waals surface area contributed by atoms with E-state index in [0.29, 0.717) is 26.1 Å².